The highest BCUT2D eigenvalue weighted by Gasteiger charge is 2.09. The SMILES string of the molecule is COCC(CNc1nc(C)cc(C(C)C)n1)OC. The van der Waals surface area contributed by atoms with Crippen LogP contribution in [0.3, 0.4) is 0 Å². The van der Waals surface area contributed by atoms with Crippen molar-refractivity contribution < 1.29 is 9.47 Å². The van der Waals surface area contributed by atoms with Crippen LogP contribution in [0.4, 0.5) is 5.95 Å². The second-order valence-corrected chi connectivity index (χ2v) is 4.61. The number of aryl methyl sites for hydroxylation is 1. The molecule has 0 aromatic carbocycles. The van der Waals surface area contributed by atoms with Gasteiger partial charge in [0.25, 0.3) is 0 Å². The standard InChI is InChI=1S/C13H23N3O2/c1-9(2)12-6-10(3)15-13(16-12)14-7-11(18-5)8-17-4/h6,9,11H,7-8H2,1-5H3,(H,14,15,16). The number of anilines is 1. The molecule has 0 saturated carbocycles. The fourth-order valence-corrected chi connectivity index (χ4v) is 1.57. The molecule has 0 bridgehead atoms. The van der Waals surface area contributed by atoms with Gasteiger partial charge in [0.05, 0.1) is 12.7 Å². The zero-order valence-corrected chi connectivity index (χ0v) is 11.9. The van der Waals surface area contributed by atoms with Crippen molar-refractivity contribution in [2.45, 2.75) is 32.8 Å². The number of nitrogens with one attached hydrogen (secondary N) is 1. The highest BCUT2D eigenvalue weighted by Crippen LogP contribution is 2.14. The number of aromatic nitrogens is 2. The van der Waals surface area contributed by atoms with Gasteiger partial charge in [-0.15, -0.1) is 0 Å². The quantitative estimate of drug-likeness (QED) is 0.805. The van der Waals surface area contributed by atoms with Crippen LogP contribution in [-0.4, -0.2) is 43.4 Å². The summed E-state index contributed by atoms with van der Waals surface area (Å²) in [6, 6.07) is 2.01. The van der Waals surface area contributed by atoms with E-state index in [9.17, 15) is 0 Å². The van der Waals surface area contributed by atoms with Gasteiger partial charge in [0.2, 0.25) is 5.95 Å². The summed E-state index contributed by atoms with van der Waals surface area (Å²) in [6.45, 7) is 7.39. The van der Waals surface area contributed by atoms with Crippen molar-refractivity contribution in [3.63, 3.8) is 0 Å². The molecule has 0 amide bonds. The first-order valence-electron chi connectivity index (χ1n) is 6.18. The minimum absolute atomic E-state index is 0.00149. The molecule has 0 saturated heterocycles. The van der Waals surface area contributed by atoms with Gasteiger partial charge < -0.3 is 14.8 Å². The Labute approximate surface area is 109 Å². The predicted molar refractivity (Wildman–Crippen MR) is 72.0 cm³/mol. The van der Waals surface area contributed by atoms with Crippen LogP contribution >= 0.6 is 0 Å². The number of hydrogen-bond donors (Lipinski definition) is 1. The van der Waals surface area contributed by atoms with Gasteiger partial charge in [-0.05, 0) is 18.9 Å². The molecular weight excluding hydrogens is 230 g/mol. The van der Waals surface area contributed by atoms with Crippen LogP contribution in [0.1, 0.15) is 31.2 Å². The Morgan fingerprint density at radius 1 is 1.28 bits per heavy atom. The second-order valence-electron chi connectivity index (χ2n) is 4.61. The highest BCUT2D eigenvalue weighted by molar-refractivity contribution is 5.29. The molecule has 0 fully saturated rings. The monoisotopic (exact) mass is 253 g/mol. The van der Waals surface area contributed by atoms with E-state index in [2.05, 4.69) is 29.1 Å². The van der Waals surface area contributed by atoms with Gasteiger partial charge in [-0.1, -0.05) is 13.8 Å². The first-order chi connectivity index (χ1) is 8.56. The summed E-state index contributed by atoms with van der Waals surface area (Å²) in [6.07, 6.45) is 0.00149. The lowest BCUT2D eigenvalue weighted by atomic mass is 10.1. The normalized spacial score (nSPS) is 12.8. The first kappa shape index (κ1) is 14.9. The van der Waals surface area contributed by atoms with Crippen LogP contribution in [0.15, 0.2) is 6.07 Å². The highest BCUT2D eigenvalue weighted by atomic mass is 16.5. The largest absolute Gasteiger partial charge is 0.382 e. The van der Waals surface area contributed by atoms with Crippen LogP contribution in [-0.2, 0) is 9.47 Å². The van der Waals surface area contributed by atoms with Gasteiger partial charge >= 0.3 is 0 Å². The Balaban J connectivity index is 2.66. The molecule has 18 heavy (non-hydrogen) atoms. The molecule has 1 atom stereocenters. The summed E-state index contributed by atoms with van der Waals surface area (Å²) in [5, 5.41) is 3.19. The van der Waals surface area contributed by atoms with Crippen LogP contribution in [0.5, 0.6) is 0 Å². The van der Waals surface area contributed by atoms with Crippen molar-refractivity contribution in [3.8, 4) is 0 Å². The van der Waals surface area contributed by atoms with Crippen molar-refractivity contribution in [2.24, 2.45) is 0 Å². The lowest BCUT2D eigenvalue weighted by Gasteiger charge is -2.16. The van der Waals surface area contributed by atoms with Crippen LogP contribution in [0.2, 0.25) is 0 Å². The van der Waals surface area contributed by atoms with Gasteiger partial charge in [-0.2, -0.15) is 0 Å². The summed E-state index contributed by atoms with van der Waals surface area (Å²) < 4.78 is 10.3. The smallest absolute Gasteiger partial charge is 0.223 e. The number of methoxy groups -OCH3 is 2. The fourth-order valence-electron chi connectivity index (χ4n) is 1.57. The van der Waals surface area contributed by atoms with Crippen molar-refractivity contribution in [2.75, 3.05) is 32.7 Å². The van der Waals surface area contributed by atoms with Gasteiger partial charge in [0.15, 0.2) is 0 Å². The van der Waals surface area contributed by atoms with E-state index in [-0.39, 0.29) is 6.10 Å². The Kier molecular flexibility index (Phi) is 6.01. The second kappa shape index (κ2) is 7.28. The van der Waals surface area contributed by atoms with Gasteiger partial charge in [-0.25, -0.2) is 9.97 Å². The Bertz CT molecular complexity index is 369. The van der Waals surface area contributed by atoms with E-state index in [0.717, 1.165) is 11.4 Å². The molecule has 1 aromatic heterocycles. The van der Waals surface area contributed by atoms with Crippen LogP contribution in [0, 0.1) is 6.92 Å². The Hall–Kier alpha value is -1.20. The predicted octanol–water partition coefficient (Wildman–Crippen LogP) is 1.98. The molecular formula is C13H23N3O2. The molecule has 0 aliphatic carbocycles. The lowest BCUT2D eigenvalue weighted by molar-refractivity contribution is 0.0365. The van der Waals surface area contributed by atoms with E-state index in [4.69, 9.17) is 9.47 Å². The van der Waals surface area contributed by atoms with E-state index in [0.29, 0.717) is 25.0 Å². The third-order valence-electron chi connectivity index (χ3n) is 2.64. The van der Waals surface area contributed by atoms with Gasteiger partial charge in [-0.3, -0.25) is 0 Å². The van der Waals surface area contributed by atoms with Crippen molar-refractivity contribution in [3.05, 3.63) is 17.5 Å². The fraction of sp³-hybridized carbons (Fsp3) is 0.692. The van der Waals surface area contributed by atoms with Crippen LogP contribution in [0.25, 0.3) is 0 Å². The zero-order chi connectivity index (χ0) is 13.5. The topological polar surface area (TPSA) is 56.3 Å². The number of hydrogen-bond acceptors (Lipinski definition) is 5. The molecule has 5 nitrogen and oxygen atoms in total. The molecule has 0 aliphatic rings. The van der Waals surface area contributed by atoms with Crippen LogP contribution < -0.4 is 5.32 Å². The number of rotatable bonds is 7. The molecule has 1 N–H and O–H groups in total. The maximum atomic E-state index is 5.28. The molecule has 5 heteroatoms. The summed E-state index contributed by atoms with van der Waals surface area (Å²) in [5.74, 6) is 1.04. The van der Waals surface area contributed by atoms with E-state index >= 15 is 0 Å². The summed E-state index contributed by atoms with van der Waals surface area (Å²) in [5.41, 5.74) is 2.02. The van der Waals surface area contributed by atoms with Crippen molar-refractivity contribution in [1.82, 2.24) is 9.97 Å². The molecule has 0 aliphatic heterocycles. The van der Waals surface area contributed by atoms with Crippen molar-refractivity contribution in [1.29, 1.82) is 0 Å². The molecule has 1 heterocycles. The minimum atomic E-state index is 0.00149. The van der Waals surface area contributed by atoms with E-state index in [1.807, 2.05) is 13.0 Å². The van der Waals surface area contributed by atoms with E-state index in [1.165, 1.54) is 0 Å². The third-order valence-corrected chi connectivity index (χ3v) is 2.64. The van der Waals surface area contributed by atoms with Gasteiger partial charge in [0, 0.05) is 32.2 Å². The maximum Gasteiger partial charge on any atom is 0.223 e. The zero-order valence-electron chi connectivity index (χ0n) is 11.9. The number of nitrogens with zero attached hydrogens (tertiary/aromatic N) is 2. The lowest BCUT2D eigenvalue weighted by Crippen LogP contribution is -2.27. The Morgan fingerprint density at radius 3 is 2.56 bits per heavy atom. The first-order valence-corrected chi connectivity index (χ1v) is 6.18. The van der Waals surface area contributed by atoms with E-state index in [1.54, 1.807) is 14.2 Å². The maximum absolute atomic E-state index is 5.28. The number of ether oxygens (including phenoxy) is 2. The molecule has 1 unspecified atom stereocenters. The third kappa shape index (κ3) is 4.58. The molecule has 0 radical (unpaired) electrons. The summed E-state index contributed by atoms with van der Waals surface area (Å²) in [7, 11) is 3.33. The minimum Gasteiger partial charge on any atom is -0.382 e. The summed E-state index contributed by atoms with van der Waals surface area (Å²) >= 11 is 0. The molecule has 1 aromatic rings. The van der Waals surface area contributed by atoms with Crippen molar-refractivity contribution >= 4 is 5.95 Å². The average Bonchev–Trinajstić information content (AvgIpc) is 2.33. The summed E-state index contributed by atoms with van der Waals surface area (Å²) in [4.78, 5) is 8.84. The average molecular weight is 253 g/mol. The molecule has 102 valence electrons. The van der Waals surface area contributed by atoms with Gasteiger partial charge in [0.1, 0.15) is 0 Å². The van der Waals surface area contributed by atoms with E-state index < -0.39 is 0 Å². The molecule has 1 rings (SSSR count). The Morgan fingerprint density at radius 2 is 2.00 bits per heavy atom. The molecule has 0 spiro atoms.